The smallest absolute Gasteiger partial charge is 0.408 e. The third kappa shape index (κ3) is 6.35. The zero-order valence-corrected chi connectivity index (χ0v) is 15.9. The predicted octanol–water partition coefficient (Wildman–Crippen LogP) is 4.37. The van der Waals surface area contributed by atoms with Gasteiger partial charge >= 0.3 is 6.09 Å². The standard InChI is InChI=1S/C20H25NO3S/c1-15-10-12-17(13-11-15)25(23)14-18(16-8-6-5-7-9-16)21-19(22)24-20(2,3)4/h5-13,18H,14H2,1-4H3,(H,21,22)/t18-,25+/m0/s1. The van der Waals surface area contributed by atoms with Gasteiger partial charge in [-0.3, -0.25) is 4.21 Å². The van der Waals surface area contributed by atoms with E-state index in [0.29, 0.717) is 0 Å². The minimum absolute atomic E-state index is 0.284. The fourth-order valence-electron chi connectivity index (χ4n) is 2.29. The van der Waals surface area contributed by atoms with Gasteiger partial charge in [-0.15, -0.1) is 0 Å². The molecule has 0 fully saturated rings. The van der Waals surface area contributed by atoms with Crippen LogP contribution in [0.3, 0.4) is 0 Å². The van der Waals surface area contributed by atoms with Crippen LogP contribution in [0.2, 0.25) is 0 Å². The largest absolute Gasteiger partial charge is 0.444 e. The van der Waals surface area contributed by atoms with Gasteiger partial charge in [0.1, 0.15) is 5.60 Å². The van der Waals surface area contributed by atoms with Gasteiger partial charge in [-0.1, -0.05) is 48.0 Å². The number of aryl methyl sites for hydroxylation is 1. The number of carbonyl (C=O) groups is 1. The maximum absolute atomic E-state index is 12.7. The number of benzene rings is 2. The van der Waals surface area contributed by atoms with E-state index in [-0.39, 0.29) is 5.75 Å². The Hall–Kier alpha value is -2.14. The molecule has 1 amide bonds. The minimum atomic E-state index is -1.23. The van der Waals surface area contributed by atoms with Gasteiger partial charge in [0.25, 0.3) is 0 Å². The van der Waals surface area contributed by atoms with Crippen LogP contribution in [0, 0.1) is 6.92 Å². The number of hydrogen-bond acceptors (Lipinski definition) is 3. The normalized spacial score (nSPS) is 13.8. The van der Waals surface area contributed by atoms with Crippen molar-refractivity contribution in [1.82, 2.24) is 5.32 Å². The van der Waals surface area contributed by atoms with Crippen molar-refractivity contribution in [2.24, 2.45) is 0 Å². The van der Waals surface area contributed by atoms with Crippen molar-refractivity contribution in [2.75, 3.05) is 5.75 Å². The minimum Gasteiger partial charge on any atom is -0.444 e. The molecule has 2 rings (SSSR count). The van der Waals surface area contributed by atoms with Crippen molar-refractivity contribution in [2.45, 2.75) is 44.2 Å². The van der Waals surface area contributed by atoms with Gasteiger partial charge in [0.2, 0.25) is 0 Å². The molecule has 134 valence electrons. The lowest BCUT2D eigenvalue weighted by Gasteiger charge is -2.24. The van der Waals surface area contributed by atoms with E-state index < -0.39 is 28.5 Å². The molecule has 0 spiro atoms. The van der Waals surface area contributed by atoms with Crippen molar-refractivity contribution >= 4 is 16.9 Å². The highest BCUT2D eigenvalue weighted by Crippen LogP contribution is 2.19. The van der Waals surface area contributed by atoms with E-state index in [0.717, 1.165) is 16.0 Å². The SMILES string of the molecule is Cc1ccc([S@](=O)C[C@H](NC(=O)OC(C)(C)C)c2ccccc2)cc1. The van der Waals surface area contributed by atoms with Crippen molar-refractivity contribution in [1.29, 1.82) is 0 Å². The van der Waals surface area contributed by atoms with Crippen LogP contribution in [-0.4, -0.2) is 21.7 Å². The van der Waals surface area contributed by atoms with E-state index in [4.69, 9.17) is 4.74 Å². The number of amides is 1. The summed E-state index contributed by atoms with van der Waals surface area (Å²) in [7, 11) is -1.23. The van der Waals surface area contributed by atoms with Crippen molar-refractivity contribution in [3.63, 3.8) is 0 Å². The Morgan fingerprint density at radius 2 is 1.68 bits per heavy atom. The lowest BCUT2D eigenvalue weighted by Crippen LogP contribution is -2.36. The van der Waals surface area contributed by atoms with E-state index >= 15 is 0 Å². The number of ether oxygens (including phenoxy) is 1. The van der Waals surface area contributed by atoms with Crippen molar-refractivity contribution in [3.05, 3.63) is 65.7 Å². The van der Waals surface area contributed by atoms with E-state index in [9.17, 15) is 9.00 Å². The van der Waals surface area contributed by atoms with Crippen LogP contribution >= 0.6 is 0 Å². The van der Waals surface area contributed by atoms with Crippen LogP contribution < -0.4 is 5.32 Å². The number of nitrogens with one attached hydrogen (secondary N) is 1. The van der Waals surface area contributed by atoms with Crippen LogP contribution in [0.25, 0.3) is 0 Å². The van der Waals surface area contributed by atoms with Gasteiger partial charge in [-0.05, 0) is 45.4 Å². The molecule has 0 saturated carbocycles. The molecule has 0 aliphatic carbocycles. The summed E-state index contributed by atoms with van der Waals surface area (Å²) < 4.78 is 18.1. The van der Waals surface area contributed by atoms with E-state index in [1.807, 2.05) is 82.3 Å². The van der Waals surface area contributed by atoms with E-state index in [1.165, 1.54) is 0 Å². The molecule has 5 heteroatoms. The summed E-state index contributed by atoms with van der Waals surface area (Å²) in [6, 6.07) is 16.7. The molecule has 0 aromatic heterocycles. The first-order chi connectivity index (χ1) is 11.7. The molecule has 0 saturated heterocycles. The number of alkyl carbamates (subject to hydrolysis) is 1. The maximum Gasteiger partial charge on any atom is 0.408 e. The number of rotatable bonds is 5. The highest BCUT2D eigenvalue weighted by atomic mass is 32.2. The third-order valence-electron chi connectivity index (χ3n) is 3.49. The molecule has 25 heavy (non-hydrogen) atoms. The zero-order valence-electron chi connectivity index (χ0n) is 15.1. The molecule has 0 heterocycles. The lowest BCUT2D eigenvalue weighted by atomic mass is 10.1. The summed E-state index contributed by atoms with van der Waals surface area (Å²) in [6.07, 6.45) is -0.512. The second-order valence-electron chi connectivity index (χ2n) is 6.93. The van der Waals surface area contributed by atoms with Gasteiger partial charge in [-0.2, -0.15) is 0 Å². The Labute approximate surface area is 152 Å². The molecule has 0 aliphatic rings. The molecule has 0 unspecified atom stereocenters. The number of hydrogen-bond donors (Lipinski definition) is 1. The summed E-state index contributed by atoms with van der Waals surface area (Å²) in [4.78, 5) is 12.9. The average Bonchev–Trinajstić information content (AvgIpc) is 2.54. The molecule has 4 nitrogen and oxygen atoms in total. The summed E-state index contributed by atoms with van der Waals surface area (Å²) in [6.45, 7) is 7.43. The van der Waals surface area contributed by atoms with Gasteiger partial charge in [0.15, 0.2) is 0 Å². The fraction of sp³-hybridized carbons (Fsp3) is 0.350. The van der Waals surface area contributed by atoms with Crippen LogP contribution in [0.4, 0.5) is 4.79 Å². The molecule has 0 radical (unpaired) electrons. The Morgan fingerprint density at radius 1 is 1.08 bits per heavy atom. The molecule has 2 atom stereocenters. The van der Waals surface area contributed by atoms with Crippen LogP contribution in [0.5, 0.6) is 0 Å². The Morgan fingerprint density at radius 3 is 2.24 bits per heavy atom. The molecular weight excluding hydrogens is 334 g/mol. The highest BCUT2D eigenvalue weighted by molar-refractivity contribution is 7.85. The Bertz CT molecular complexity index is 721. The zero-order chi connectivity index (χ0) is 18.4. The topological polar surface area (TPSA) is 55.4 Å². The Balaban J connectivity index is 2.16. The molecule has 0 aliphatic heterocycles. The van der Waals surface area contributed by atoms with E-state index in [1.54, 1.807) is 0 Å². The monoisotopic (exact) mass is 359 g/mol. The molecule has 2 aromatic rings. The summed E-state index contributed by atoms with van der Waals surface area (Å²) >= 11 is 0. The van der Waals surface area contributed by atoms with Gasteiger partial charge in [0.05, 0.1) is 22.6 Å². The second kappa shape index (κ2) is 8.30. The summed E-state index contributed by atoms with van der Waals surface area (Å²) in [5.41, 5.74) is 1.43. The maximum atomic E-state index is 12.7. The van der Waals surface area contributed by atoms with Crippen molar-refractivity contribution < 1.29 is 13.7 Å². The predicted molar refractivity (Wildman–Crippen MR) is 101 cm³/mol. The van der Waals surface area contributed by atoms with Crippen LogP contribution in [0.1, 0.15) is 37.9 Å². The van der Waals surface area contributed by atoms with Crippen LogP contribution in [-0.2, 0) is 15.5 Å². The molecule has 0 bridgehead atoms. The van der Waals surface area contributed by atoms with Gasteiger partial charge in [0, 0.05) is 4.90 Å². The summed E-state index contributed by atoms with van der Waals surface area (Å²) in [5, 5.41) is 2.85. The Kier molecular flexibility index (Phi) is 6.37. The quantitative estimate of drug-likeness (QED) is 0.862. The fourth-order valence-corrected chi connectivity index (χ4v) is 3.50. The van der Waals surface area contributed by atoms with E-state index in [2.05, 4.69) is 5.32 Å². The second-order valence-corrected chi connectivity index (χ2v) is 8.43. The average molecular weight is 359 g/mol. The molecule has 1 N–H and O–H groups in total. The lowest BCUT2D eigenvalue weighted by molar-refractivity contribution is 0.0509. The highest BCUT2D eigenvalue weighted by Gasteiger charge is 2.22. The molecule has 2 aromatic carbocycles. The first kappa shape index (κ1) is 19.2. The van der Waals surface area contributed by atoms with Gasteiger partial charge in [-0.25, -0.2) is 4.79 Å². The first-order valence-electron chi connectivity index (χ1n) is 8.24. The molecular formula is C20H25NO3S. The first-order valence-corrected chi connectivity index (χ1v) is 9.56. The third-order valence-corrected chi connectivity index (χ3v) is 4.93. The summed E-state index contributed by atoms with van der Waals surface area (Å²) in [5.74, 6) is 0.284. The van der Waals surface area contributed by atoms with Gasteiger partial charge < -0.3 is 10.1 Å². The van der Waals surface area contributed by atoms with Crippen molar-refractivity contribution in [3.8, 4) is 0 Å². The number of carbonyl (C=O) groups excluding carboxylic acids is 1. The van der Waals surface area contributed by atoms with Crippen LogP contribution in [0.15, 0.2) is 59.5 Å².